The van der Waals surface area contributed by atoms with Gasteiger partial charge < -0.3 is 9.73 Å². The van der Waals surface area contributed by atoms with Crippen LogP contribution in [0.1, 0.15) is 18.2 Å². The molecule has 4 nitrogen and oxygen atoms in total. The first-order chi connectivity index (χ1) is 8.24. The molecule has 0 amide bonds. The fourth-order valence-corrected chi connectivity index (χ4v) is 1.82. The zero-order valence-corrected chi connectivity index (χ0v) is 10.4. The van der Waals surface area contributed by atoms with Crippen LogP contribution in [0.5, 0.6) is 0 Å². The number of hydrogen-bond acceptors (Lipinski definition) is 3. The monoisotopic (exact) mass is 233 g/mol. The maximum atomic E-state index is 5.31. The fourth-order valence-electron chi connectivity index (χ4n) is 1.82. The summed E-state index contributed by atoms with van der Waals surface area (Å²) in [4.78, 5) is 0. The van der Waals surface area contributed by atoms with Crippen LogP contribution in [0.2, 0.25) is 0 Å². The van der Waals surface area contributed by atoms with Gasteiger partial charge in [0.1, 0.15) is 5.76 Å². The van der Waals surface area contributed by atoms with E-state index in [0.717, 1.165) is 25.3 Å². The quantitative estimate of drug-likeness (QED) is 0.830. The molecule has 0 aliphatic rings. The molecule has 17 heavy (non-hydrogen) atoms. The van der Waals surface area contributed by atoms with E-state index >= 15 is 0 Å². The molecule has 0 saturated carbocycles. The highest BCUT2D eigenvalue weighted by molar-refractivity contribution is 5.00. The Bertz CT molecular complexity index is 433. The maximum absolute atomic E-state index is 5.31. The van der Waals surface area contributed by atoms with Crippen LogP contribution in [-0.2, 0) is 13.0 Å². The summed E-state index contributed by atoms with van der Waals surface area (Å²) in [6, 6.07) is 4.35. The van der Waals surface area contributed by atoms with Crippen molar-refractivity contribution < 1.29 is 4.42 Å². The summed E-state index contributed by atoms with van der Waals surface area (Å²) in [6.45, 7) is 6.03. The summed E-state index contributed by atoms with van der Waals surface area (Å²) in [7, 11) is 0. The molecule has 0 aliphatic carbocycles. The van der Waals surface area contributed by atoms with Gasteiger partial charge in [0.2, 0.25) is 0 Å². The van der Waals surface area contributed by atoms with Crippen molar-refractivity contribution in [2.75, 3.05) is 6.54 Å². The summed E-state index contributed by atoms with van der Waals surface area (Å²) >= 11 is 0. The molecular formula is C13H19N3O. The molecule has 2 rings (SSSR count). The zero-order valence-electron chi connectivity index (χ0n) is 10.4. The van der Waals surface area contributed by atoms with Gasteiger partial charge in [0, 0.05) is 25.2 Å². The third-order valence-electron chi connectivity index (χ3n) is 2.68. The van der Waals surface area contributed by atoms with Crippen LogP contribution < -0.4 is 5.32 Å². The Hall–Kier alpha value is -1.55. The van der Waals surface area contributed by atoms with Crippen LogP contribution >= 0.6 is 0 Å². The van der Waals surface area contributed by atoms with Crippen molar-refractivity contribution in [3.63, 3.8) is 0 Å². The highest BCUT2D eigenvalue weighted by atomic mass is 16.3. The standard InChI is InChI=1S/C13H19N3O/c1-11-9-15-16(10-11)6-5-14-12(2)8-13-4-3-7-17-13/h3-4,7,9-10,12,14H,5-6,8H2,1-2H3. The Balaban J connectivity index is 1.68. The smallest absolute Gasteiger partial charge is 0.105 e. The first-order valence-electron chi connectivity index (χ1n) is 5.99. The maximum Gasteiger partial charge on any atom is 0.105 e. The van der Waals surface area contributed by atoms with E-state index in [1.165, 1.54) is 5.56 Å². The van der Waals surface area contributed by atoms with Crippen LogP contribution in [0.15, 0.2) is 35.2 Å². The van der Waals surface area contributed by atoms with Gasteiger partial charge in [-0.3, -0.25) is 4.68 Å². The molecule has 0 spiro atoms. The second-order valence-corrected chi connectivity index (χ2v) is 4.42. The Labute approximate surface area is 102 Å². The predicted molar refractivity (Wildman–Crippen MR) is 66.8 cm³/mol. The Morgan fingerprint density at radius 1 is 1.53 bits per heavy atom. The molecular weight excluding hydrogens is 214 g/mol. The van der Waals surface area contributed by atoms with Crippen molar-refractivity contribution in [1.82, 2.24) is 15.1 Å². The van der Waals surface area contributed by atoms with E-state index in [-0.39, 0.29) is 0 Å². The van der Waals surface area contributed by atoms with E-state index in [1.807, 2.05) is 23.0 Å². The molecule has 0 bridgehead atoms. The highest BCUT2D eigenvalue weighted by Gasteiger charge is 2.04. The molecule has 92 valence electrons. The van der Waals surface area contributed by atoms with E-state index < -0.39 is 0 Å². The lowest BCUT2D eigenvalue weighted by atomic mass is 10.2. The molecule has 0 aromatic carbocycles. The third kappa shape index (κ3) is 3.75. The minimum absolute atomic E-state index is 0.415. The molecule has 4 heteroatoms. The molecule has 1 N–H and O–H groups in total. The normalized spacial score (nSPS) is 12.8. The minimum Gasteiger partial charge on any atom is -0.469 e. The largest absolute Gasteiger partial charge is 0.469 e. The number of nitrogens with zero attached hydrogens (tertiary/aromatic N) is 2. The van der Waals surface area contributed by atoms with Crippen molar-refractivity contribution in [3.8, 4) is 0 Å². The Morgan fingerprint density at radius 3 is 3.06 bits per heavy atom. The van der Waals surface area contributed by atoms with Gasteiger partial charge in [-0.1, -0.05) is 0 Å². The molecule has 1 unspecified atom stereocenters. The second kappa shape index (κ2) is 5.68. The van der Waals surface area contributed by atoms with E-state index in [0.29, 0.717) is 6.04 Å². The SMILES string of the molecule is Cc1cnn(CCNC(C)Cc2ccco2)c1. The summed E-state index contributed by atoms with van der Waals surface area (Å²) < 4.78 is 7.27. The number of aromatic nitrogens is 2. The third-order valence-corrected chi connectivity index (χ3v) is 2.68. The Kier molecular flexibility index (Phi) is 3.98. The van der Waals surface area contributed by atoms with Gasteiger partial charge in [-0.15, -0.1) is 0 Å². The Morgan fingerprint density at radius 2 is 2.41 bits per heavy atom. The van der Waals surface area contributed by atoms with Gasteiger partial charge in [-0.05, 0) is 31.5 Å². The lowest BCUT2D eigenvalue weighted by molar-refractivity contribution is 0.443. The number of furan rings is 1. The molecule has 0 radical (unpaired) electrons. The summed E-state index contributed by atoms with van der Waals surface area (Å²) in [5.74, 6) is 1.03. The van der Waals surface area contributed by atoms with E-state index in [2.05, 4.69) is 30.5 Å². The predicted octanol–water partition coefficient (Wildman–Crippen LogP) is 2.01. The molecule has 0 fully saturated rings. The van der Waals surface area contributed by atoms with Gasteiger partial charge in [0.25, 0.3) is 0 Å². The average Bonchev–Trinajstić information content (AvgIpc) is 2.90. The number of nitrogens with one attached hydrogen (secondary N) is 1. The number of rotatable bonds is 6. The van der Waals surface area contributed by atoms with Gasteiger partial charge in [-0.25, -0.2) is 0 Å². The van der Waals surface area contributed by atoms with Crippen LogP contribution in [0.3, 0.4) is 0 Å². The second-order valence-electron chi connectivity index (χ2n) is 4.42. The molecule has 0 saturated heterocycles. The van der Waals surface area contributed by atoms with E-state index in [4.69, 9.17) is 4.42 Å². The molecule has 2 aromatic rings. The van der Waals surface area contributed by atoms with Crippen molar-refractivity contribution >= 4 is 0 Å². The first kappa shape index (κ1) is 11.9. The molecule has 2 heterocycles. The van der Waals surface area contributed by atoms with Crippen molar-refractivity contribution in [1.29, 1.82) is 0 Å². The van der Waals surface area contributed by atoms with E-state index in [9.17, 15) is 0 Å². The first-order valence-corrected chi connectivity index (χ1v) is 5.99. The lowest BCUT2D eigenvalue weighted by Crippen LogP contribution is -2.31. The van der Waals surface area contributed by atoms with Crippen LogP contribution in [-0.4, -0.2) is 22.4 Å². The van der Waals surface area contributed by atoms with Crippen molar-refractivity contribution in [3.05, 3.63) is 42.1 Å². The lowest BCUT2D eigenvalue weighted by Gasteiger charge is -2.12. The fraction of sp³-hybridized carbons (Fsp3) is 0.462. The van der Waals surface area contributed by atoms with Gasteiger partial charge >= 0.3 is 0 Å². The van der Waals surface area contributed by atoms with Crippen LogP contribution in [0.25, 0.3) is 0 Å². The molecule has 0 aliphatic heterocycles. The highest BCUT2D eigenvalue weighted by Crippen LogP contribution is 2.03. The summed E-state index contributed by atoms with van der Waals surface area (Å²) in [6.07, 6.45) is 6.57. The van der Waals surface area contributed by atoms with Gasteiger partial charge in [-0.2, -0.15) is 5.10 Å². The number of hydrogen-bond donors (Lipinski definition) is 1. The minimum atomic E-state index is 0.415. The molecule has 2 aromatic heterocycles. The van der Waals surface area contributed by atoms with Gasteiger partial charge in [0.05, 0.1) is 19.0 Å². The van der Waals surface area contributed by atoms with Crippen molar-refractivity contribution in [2.45, 2.75) is 32.9 Å². The number of aryl methyl sites for hydroxylation is 1. The average molecular weight is 233 g/mol. The zero-order chi connectivity index (χ0) is 12.1. The van der Waals surface area contributed by atoms with Crippen LogP contribution in [0.4, 0.5) is 0 Å². The molecule has 1 atom stereocenters. The van der Waals surface area contributed by atoms with Crippen molar-refractivity contribution in [2.24, 2.45) is 0 Å². The van der Waals surface area contributed by atoms with E-state index in [1.54, 1.807) is 6.26 Å². The summed E-state index contributed by atoms with van der Waals surface area (Å²) in [5.41, 5.74) is 1.20. The topological polar surface area (TPSA) is 43.0 Å². The van der Waals surface area contributed by atoms with Crippen LogP contribution in [0, 0.1) is 6.92 Å². The summed E-state index contributed by atoms with van der Waals surface area (Å²) in [5, 5.41) is 7.70. The van der Waals surface area contributed by atoms with Gasteiger partial charge in [0.15, 0.2) is 0 Å².